The molecule has 1 aliphatic rings. The van der Waals surface area contributed by atoms with Crippen molar-refractivity contribution in [2.45, 2.75) is 32.4 Å². The molecule has 2 rings (SSSR count). The first-order valence-electron chi connectivity index (χ1n) is 6.46. The second-order valence-corrected chi connectivity index (χ2v) is 5.49. The maximum absolute atomic E-state index is 12.2. The summed E-state index contributed by atoms with van der Waals surface area (Å²) in [5, 5.41) is 5.99. The highest BCUT2D eigenvalue weighted by atomic mass is 16.5. The smallest absolute Gasteiger partial charge is 0.251 e. The highest BCUT2D eigenvalue weighted by molar-refractivity contribution is 5.95. The molecule has 1 aliphatic carbocycles. The van der Waals surface area contributed by atoms with E-state index in [-0.39, 0.29) is 23.5 Å². The van der Waals surface area contributed by atoms with Gasteiger partial charge in [0.1, 0.15) is 5.82 Å². The zero-order chi connectivity index (χ0) is 14.0. The van der Waals surface area contributed by atoms with Crippen molar-refractivity contribution in [3.8, 4) is 0 Å². The third-order valence-electron chi connectivity index (χ3n) is 4.05. The van der Waals surface area contributed by atoms with Crippen molar-refractivity contribution in [1.82, 2.24) is 10.3 Å². The largest absolute Gasteiger partial charge is 0.381 e. The first-order valence-corrected chi connectivity index (χ1v) is 6.46. The van der Waals surface area contributed by atoms with Crippen molar-refractivity contribution in [1.29, 1.82) is 0 Å². The molecule has 5 nitrogen and oxygen atoms in total. The Bertz CT molecular complexity index is 474. The maximum Gasteiger partial charge on any atom is 0.251 e. The Labute approximate surface area is 113 Å². The second kappa shape index (κ2) is 5.17. The first-order chi connectivity index (χ1) is 8.98. The molecule has 2 atom stereocenters. The van der Waals surface area contributed by atoms with Gasteiger partial charge < -0.3 is 15.4 Å². The van der Waals surface area contributed by atoms with Gasteiger partial charge in [-0.1, -0.05) is 13.8 Å². The first kappa shape index (κ1) is 13.8. The van der Waals surface area contributed by atoms with Gasteiger partial charge in [0.05, 0.1) is 6.10 Å². The fourth-order valence-electron chi connectivity index (χ4n) is 2.48. The van der Waals surface area contributed by atoms with Crippen LogP contribution in [0.3, 0.4) is 0 Å². The van der Waals surface area contributed by atoms with Crippen LogP contribution >= 0.6 is 0 Å². The number of amides is 1. The molecule has 0 bridgehead atoms. The fraction of sp³-hybridized carbons (Fsp3) is 0.571. The summed E-state index contributed by atoms with van der Waals surface area (Å²) >= 11 is 0. The quantitative estimate of drug-likeness (QED) is 0.867. The van der Waals surface area contributed by atoms with Crippen molar-refractivity contribution >= 4 is 11.7 Å². The average molecular weight is 263 g/mol. The second-order valence-electron chi connectivity index (χ2n) is 5.49. The van der Waals surface area contributed by atoms with E-state index in [2.05, 4.69) is 29.5 Å². The third kappa shape index (κ3) is 2.56. The molecule has 19 heavy (non-hydrogen) atoms. The monoisotopic (exact) mass is 263 g/mol. The Morgan fingerprint density at radius 2 is 2.26 bits per heavy atom. The van der Waals surface area contributed by atoms with E-state index in [1.807, 2.05) is 0 Å². The van der Waals surface area contributed by atoms with Crippen LogP contribution in [0.4, 0.5) is 5.82 Å². The highest BCUT2D eigenvalue weighted by Gasteiger charge is 2.49. The minimum atomic E-state index is -0.0634. The molecule has 104 valence electrons. The summed E-state index contributed by atoms with van der Waals surface area (Å²) in [6, 6.07) is 3.61. The van der Waals surface area contributed by atoms with Crippen LogP contribution in [0.15, 0.2) is 18.3 Å². The van der Waals surface area contributed by atoms with E-state index in [1.54, 1.807) is 32.5 Å². The zero-order valence-electron chi connectivity index (χ0n) is 11.9. The standard InChI is InChI=1S/C14H21N3O2/c1-14(2)10(8-11(14)19-4)17-13(18)9-5-6-16-12(7-9)15-3/h5-7,10-11H,8H2,1-4H3,(H,15,16)(H,17,18). The number of aromatic nitrogens is 1. The number of carbonyl (C=O) groups is 1. The van der Waals surface area contributed by atoms with Crippen molar-refractivity contribution in [2.75, 3.05) is 19.5 Å². The van der Waals surface area contributed by atoms with Gasteiger partial charge >= 0.3 is 0 Å². The Morgan fingerprint density at radius 1 is 1.53 bits per heavy atom. The molecule has 0 saturated heterocycles. The van der Waals surface area contributed by atoms with Crippen LogP contribution in [0.5, 0.6) is 0 Å². The van der Waals surface area contributed by atoms with E-state index in [0.29, 0.717) is 11.4 Å². The molecule has 1 aromatic rings. The minimum Gasteiger partial charge on any atom is -0.381 e. The van der Waals surface area contributed by atoms with Gasteiger partial charge in [0.25, 0.3) is 5.91 Å². The molecular formula is C14H21N3O2. The van der Waals surface area contributed by atoms with Crippen LogP contribution in [-0.4, -0.2) is 37.2 Å². The number of anilines is 1. The molecule has 0 spiro atoms. The number of carbonyl (C=O) groups excluding carboxylic acids is 1. The van der Waals surface area contributed by atoms with Crippen LogP contribution < -0.4 is 10.6 Å². The van der Waals surface area contributed by atoms with Crippen molar-refractivity contribution in [3.05, 3.63) is 23.9 Å². The van der Waals surface area contributed by atoms with Gasteiger partial charge in [0, 0.05) is 37.4 Å². The Hall–Kier alpha value is -1.62. The number of nitrogens with one attached hydrogen (secondary N) is 2. The van der Waals surface area contributed by atoms with E-state index < -0.39 is 0 Å². The molecule has 0 aromatic carbocycles. The zero-order valence-corrected chi connectivity index (χ0v) is 11.9. The number of ether oxygens (including phenoxy) is 1. The van der Waals surface area contributed by atoms with Crippen molar-refractivity contribution < 1.29 is 9.53 Å². The van der Waals surface area contributed by atoms with Crippen LogP contribution in [0.2, 0.25) is 0 Å². The van der Waals surface area contributed by atoms with E-state index in [0.717, 1.165) is 6.42 Å². The van der Waals surface area contributed by atoms with E-state index in [9.17, 15) is 4.79 Å². The molecule has 1 fully saturated rings. The Balaban J connectivity index is 2.02. The topological polar surface area (TPSA) is 63.2 Å². The number of methoxy groups -OCH3 is 1. The number of rotatable bonds is 4. The molecule has 1 aromatic heterocycles. The number of hydrogen-bond acceptors (Lipinski definition) is 4. The summed E-state index contributed by atoms with van der Waals surface area (Å²) in [6.07, 6.45) is 2.70. The molecule has 1 heterocycles. The molecule has 2 N–H and O–H groups in total. The molecule has 1 saturated carbocycles. The lowest BCUT2D eigenvalue weighted by molar-refractivity contribution is -0.0942. The summed E-state index contributed by atoms with van der Waals surface area (Å²) in [4.78, 5) is 16.3. The molecule has 0 radical (unpaired) electrons. The molecule has 0 aliphatic heterocycles. The maximum atomic E-state index is 12.2. The van der Waals surface area contributed by atoms with Crippen LogP contribution in [0, 0.1) is 5.41 Å². The van der Waals surface area contributed by atoms with E-state index in [4.69, 9.17) is 4.74 Å². The molecular weight excluding hydrogens is 242 g/mol. The van der Waals surface area contributed by atoms with Gasteiger partial charge in [-0.2, -0.15) is 0 Å². The van der Waals surface area contributed by atoms with E-state index >= 15 is 0 Å². The lowest BCUT2D eigenvalue weighted by Gasteiger charge is -2.51. The lowest BCUT2D eigenvalue weighted by atomic mass is 9.64. The predicted molar refractivity (Wildman–Crippen MR) is 74.2 cm³/mol. The van der Waals surface area contributed by atoms with Crippen LogP contribution in [0.25, 0.3) is 0 Å². The lowest BCUT2D eigenvalue weighted by Crippen LogP contribution is -2.61. The minimum absolute atomic E-state index is 0.0245. The fourth-order valence-corrected chi connectivity index (χ4v) is 2.48. The third-order valence-corrected chi connectivity index (χ3v) is 4.05. The summed E-state index contributed by atoms with van der Waals surface area (Å²) in [6.45, 7) is 4.22. The molecule has 2 unspecified atom stereocenters. The van der Waals surface area contributed by atoms with Crippen molar-refractivity contribution in [3.63, 3.8) is 0 Å². The SMILES string of the molecule is CNc1cc(C(=O)NC2CC(OC)C2(C)C)ccn1. The van der Waals surface area contributed by atoms with Crippen molar-refractivity contribution in [2.24, 2.45) is 5.41 Å². The summed E-state index contributed by atoms with van der Waals surface area (Å²) in [5.41, 5.74) is 0.597. The highest BCUT2D eigenvalue weighted by Crippen LogP contribution is 2.42. The van der Waals surface area contributed by atoms with Crippen LogP contribution in [-0.2, 0) is 4.74 Å². The number of pyridine rings is 1. The average Bonchev–Trinajstić information content (AvgIpc) is 2.42. The summed E-state index contributed by atoms with van der Waals surface area (Å²) in [7, 11) is 3.49. The predicted octanol–water partition coefficient (Wildman–Crippen LogP) is 1.67. The summed E-state index contributed by atoms with van der Waals surface area (Å²) in [5.74, 6) is 0.627. The number of hydrogen-bond donors (Lipinski definition) is 2. The Kier molecular flexibility index (Phi) is 3.75. The van der Waals surface area contributed by atoms with Crippen LogP contribution in [0.1, 0.15) is 30.6 Å². The van der Waals surface area contributed by atoms with Gasteiger partial charge in [0.15, 0.2) is 0 Å². The summed E-state index contributed by atoms with van der Waals surface area (Å²) < 4.78 is 5.38. The van der Waals surface area contributed by atoms with E-state index in [1.165, 1.54) is 0 Å². The van der Waals surface area contributed by atoms with Gasteiger partial charge in [-0.25, -0.2) is 4.98 Å². The van der Waals surface area contributed by atoms with Gasteiger partial charge in [0.2, 0.25) is 0 Å². The number of nitrogens with zero attached hydrogens (tertiary/aromatic N) is 1. The van der Waals surface area contributed by atoms with Gasteiger partial charge in [-0.3, -0.25) is 4.79 Å². The normalized spacial score (nSPS) is 24.4. The van der Waals surface area contributed by atoms with Gasteiger partial charge in [-0.05, 0) is 18.6 Å². The Morgan fingerprint density at radius 3 is 2.84 bits per heavy atom. The molecule has 1 amide bonds. The molecule has 5 heteroatoms. The van der Waals surface area contributed by atoms with Gasteiger partial charge in [-0.15, -0.1) is 0 Å².